The molecule has 2 rings (SSSR count). The zero-order valence-corrected chi connectivity index (χ0v) is 15.0. The minimum absolute atomic E-state index is 0.194. The minimum Gasteiger partial charge on any atom is -0.497 e. The van der Waals surface area contributed by atoms with Crippen LogP contribution in [0.3, 0.4) is 0 Å². The van der Waals surface area contributed by atoms with Crippen LogP contribution in [-0.4, -0.2) is 33.2 Å². The van der Waals surface area contributed by atoms with E-state index < -0.39 is 5.97 Å². The maximum absolute atomic E-state index is 12.3. The van der Waals surface area contributed by atoms with Gasteiger partial charge in [-0.25, -0.2) is 4.79 Å². The Balaban J connectivity index is 2.00. The summed E-state index contributed by atoms with van der Waals surface area (Å²) in [7, 11) is 4.46. The summed E-state index contributed by atoms with van der Waals surface area (Å²) in [5.41, 5.74) is 0.846. The number of methoxy groups -OCH3 is 3. The smallest absolute Gasteiger partial charge is 0.330 e. The molecule has 1 heterocycles. The maximum atomic E-state index is 12.3. The van der Waals surface area contributed by atoms with E-state index in [9.17, 15) is 9.59 Å². The fraction of sp³-hybridized carbons (Fsp3) is 0.222. The lowest BCUT2D eigenvalue weighted by atomic mass is 10.2. The van der Waals surface area contributed by atoms with Crippen LogP contribution in [-0.2, 0) is 16.1 Å². The second-order valence-corrected chi connectivity index (χ2v) is 6.03. The molecule has 25 heavy (non-hydrogen) atoms. The molecule has 0 bridgehead atoms. The third-order valence-corrected chi connectivity index (χ3v) is 4.42. The summed E-state index contributed by atoms with van der Waals surface area (Å²) in [6.45, 7) is 0.331. The summed E-state index contributed by atoms with van der Waals surface area (Å²) in [6.07, 6.45) is 2.93. The molecule has 1 amide bonds. The van der Waals surface area contributed by atoms with Crippen molar-refractivity contribution in [3.8, 4) is 11.5 Å². The van der Waals surface area contributed by atoms with Gasteiger partial charge in [-0.1, -0.05) is 0 Å². The van der Waals surface area contributed by atoms with Crippen molar-refractivity contribution in [3.63, 3.8) is 0 Å². The van der Waals surface area contributed by atoms with Crippen LogP contribution in [0.1, 0.15) is 20.1 Å². The van der Waals surface area contributed by atoms with Gasteiger partial charge in [0.25, 0.3) is 5.91 Å². The third-order valence-electron chi connectivity index (χ3n) is 3.37. The van der Waals surface area contributed by atoms with Gasteiger partial charge in [-0.3, -0.25) is 4.79 Å². The normalized spacial score (nSPS) is 10.5. The van der Waals surface area contributed by atoms with Crippen LogP contribution in [0.5, 0.6) is 11.5 Å². The SMILES string of the molecule is COC(=O)C=Cc1ccc(C(=O)NCc2ccc(OC)cc2OC)s1. The van der Waals surface area contributed by atoms with E-state index in [4.69, 9.17) is 9.47 Å². The molecule has 0 aliphatic heterocycles. The molecule has 6 nitrogen and oxygen atoms in total. The van der Waals surface area contributed by atoms with Gasteiger partial charge in [0.15, 0.2) is 0 Å². The molecule has 0 fully saturated rings. The van der Waals surface area contributed by atoms with Gasteiger partial charge in [-0.2, -0.15) is 0 Å². The van der Waals surface area contributed by atoms with Gasteiger partial charge >= 0.3 is 5.97 Å². The minimum atomic E-state index is -0.439. The Hall–Kier alpha value is -2.80. The molecule has 2 aromatic rings. The van der Waals surface area contributed by atoms with Crippen LogP contribution in [0.25, 0.3) is 6.08 Å². The zero-order chi connectivity index (χ0) is 18.2. The lowest BCUT2D eigenvalue weighted by Gasteiger charge is -2.11. The molecule has 1 N–H and O–H groups in total. The van der Waals surface area contributed by atoms with Gasteiger partial charge in [0.05, 0.1) is 26.2 Å². The first kappa shape index (κ1) is 18.5. The van der Waals surface area contributed by atoms with Gasteiger partial charge in [-0.15, -0.1) is 11.3 Å². The summed E-state index contributed by atoms with van der Waals surface area (Å²) in [5.74, 6) is 0.700. The average molecular weight is 361 g/mol. The highest BCUT2D eigenvalue weighted by Crippen LogP contribution is 2.24. The van der Waals surface area contributed by atoms with Crippen molar-refractivity contribution in [3.05, 3.63) is 51.7 Å². The number of rotatable bonds is 7. The Morgan fingerprint density at radius 3 is 2.60 bits per heavy atom. The molecule has 0 saturated carbocycles. The van der Waals surface area contributed by atoms with E-state index in [0.717, 1.165) is 10.4 Å². The number of amides is 1. The van der Waals surface area contributed by atoms with Crippen molar-refractivity contribution in [2.75, 3.05) is 21.3 Å². The van der Waals surface area contributed by atoms with E-state index in [0.29, 0.717) is 22.9 Å². The van der Waals surface area contributed by atoms with Crippen molar-refractivity contribution in [2.24, 2.45) is 0 Å². The summed E-state index contributed by atoms with van der Waals surface area (Å²) in [6, 6.07) is 8.90. The molecule has 0 spiro atoms. The predicted octanol–water partition coefficient (Wildman–Crippen LogP) is 2.88. The molecule has 0 radical (unpaired) electrons. The highest BCUT2D eigenvalue weighted by molar-refractivity contribution is 7.14. The first-order valence-corrected chi connectivity index (χ1v) is 8.24. The number of hydrogen-bond donors (Lipinski definition) is 1. The van der Waals surface area contributed by atoms with Crippen LogP contribution < -0.4 is 14.8 Å². The van der Waals surface area contributed by atoms with E-state index >= 15 is 0 Å². The molecule has 7 heteroatoms. The molecular weight excluding hydrogens is 342 g/mol. The van der Waals surface area contributed by atoms with Gasteiger partial charge in [0, 0.05) is 29.1 Å². The van der Waals surface area contributed by atoms with Crippen molar-refractivity contribution in [2.45, 2.75) is 6.54 Å². The number of ether oxygens (including phenoxy) is 3. The average Bonchev–Trinajstić information content (AvgIpc) is 3.13. The van der Waals surface area contributed by atoms with Crippen LogP contribution in [0, 0.1) is 0 Å². The lowest BCUT2D eigenvalue weighted by Crippen LogP contribution is -2.22. The standard InChI is InChI=1S/C18H19NO5S/c1-22-13-5-4-12(15(10-13)23-2)11-19-18(21)16-8-6-14(25-16)7-9-17(20)24-3/h4-10H,11H2,1-3H3,(H,19,21). The fourth-order valence-electron chi connectivity index (χ4n) is 2.04. The van der Waals surface area contributed by atoms with E-state index in [1.165, 1.54) is 24.5 Å². The predicted molar refractivity (Wildman–Crippen MR) is 96.1 cm³/mol. The van der Waals surface area contributed by atoms with Crippen LogP contribution >= 0.6 is 11.3 Å². The fourth-order valence-corrected chi connectivity index (χ4v) is 2.87. The molecule has 0 aliphatic rings. The molecule has 0 saturated heterocycles. The number of nitrogens with one attached hydrogen (secondary N) is 1. The maximum Gasteiger partial charge on any atom is 0.330 e. The Bertz CT molecular complexity index is 782. The van der Waals surface area contributed by atoms with Crippen molar-refractivity contribution in [1.29, 1.82) is 0 Å². The first-order valence-electron chi connectivity index (χ1n) is 7.42. The van der Waals surface area contributed by atoms with Crippen molar-refractivity contribution >= 4 is 29.3 Å². The Kier molecular flexibility index (Phi) is 6.59. The molecule has 1 aromatic heterocycles. The third kappa shape index (κ3) is 5.09. The van der Waals surface area contributed by atoms with Crippen LogP contribution in [0.4, 0.5) is 0 Å². The van der Waals surface area contributed by atoms with E-state index in [2.05, 4.69) is 10.1 Å². The van der Waals surface area contributed by atoms with Crippen molar-refractivity contribution in [1.82, 2.24) is 5.32 Å². The first-order chi connectivity index (χ1) is 12.1. The van der Waals surface area contributed by atoms with Gasteiger partial charge in [-0.05, 0) is 30.3 Å². The molecule has 132 valence electrons. The number of carbonyl (C=O) groups is 2. The van der Waals surface area contributed by atoms with Gasteiger partial charge in [0.1, 0.15) is 11.5 Å². The molecule has 0 atom stereocenters. The Morgan fingerprint density at radius 2 is 1.92 bits per heavy atom. The lowest BCUT2D eigenvalue weighted by molar-refractivity contribution is -0.134. The highest BCUT2D eigenvalue weighted by atomic mass is 32.1. The van der Waals surface area contributed by atoms with Crippen molar-refractivity contribution < 1.29 is 23.8 Å². The zero-order valence-electron chi connectivity index (χ0n) is 14.2. The van der Waals surface area contributed by atoms with Gasteiger partial charge < -0.3 is 19.5 Å². The Morgan fingerprint density at radius 1 is 1.12 bits per heavy atom. The number of carbonyl (C=O) groups excluding carboxylic acids is 2. The van der Waals surface area contributed by atoms with Crippen LogP contribution in [0.15, 0.2) is 36.4 Å². The van der Waals surface area contributed by atoms with Crippen LogP contribution in [0.2, 0.25) is 0 Å². The number of esters is 1. The summed E-state index contributed by atoms with van der Waals surface area (Å²) in [4.78, 5) is 24.7. The highest BCUT2D eigenvalue weighted by Gasteiger charge is 2.11. The summed E-state index contributed by atoms with van der Waals surface area (Å²) >= 11 is 1.29. The number of thiophene rings is 1. The number of hydrogen-bond acceptors (Lipinski definition) is 6. The second kappa shape index (κ2) is 8.89. The second-order valence-electron chi connectivity index (χ2n) is 4.92. The van der Waals surface area contributed by atoms with E-state index in [1.807, 2.05) is 12.1 Å². The van der Waals surface area contributed by atoms with Gasteiger partial charge in [0.2, 0.25) is 0 Å². The molecular formula is C18H19NO5S. The Labute approximate surface area is 150 Å². The largest absolute Gasteiger partial charge is 0.497 e. The number of benzene rings is 1. The molecule has 1 aromatic carbocycles. The van der Waals surface area contributed by atoms with E-state index in [1.54, 1.807) is 38.5 Å². The summed E-state index contributed by atoms with van der Waals surface area (Å²) in [5, 5.41) is 2.85. The van der Waals surface area contributed by atoms with E-state index in [-0.39, 0.29) is 5.91 Å². The monoisotopic (exact) mass is 361 g/mol. The topological polar surface area (TPSA) is 73.9 Å². The summed E-state index contributed by atoms with van der Waals surface area (Å²) < 4.78 is 15.0. The molecule has 0 aliphatic carbocycles. The quantitative estimate of drug-likeness (QED) is 0.606. The molecule has 0 unspecified atom stereocenters.